The third kappa shape index (κ3) is 4.10. The zero-order chi connectivity index (χ0) is 19.6. The minimum atomic E-state index is -0.597. The molecule has 138 valence electrons. The fourth-order valence-corrected chi connectivity index (χ4v) is 2.65. The van der Waals surface area contributed by atoms with Crippen LogP contribution in [0.4, 0.5) is 17.2 Å². The summed E-state index contributed by atoms with van der Waals surface area (Å²) in [5, 5.41) is 15.7. The summed E-state index contributed by atoms with van der Waals surface area (Å²) in [5.41, 5.74) is 1.73. The Morgan fingerprint density at radius 1 is 1.11 bits per heavy atom. The van der Waals surface area contributed by atoms with E-state index < -0.39 is 4.92 Å². The van der Waals surface area contributed by atoms with Gasteiger partial charge in [-0.05, 0) is 55.3 Å². The lowest BCUT2D eigenvalue weighted by Crippen LogP contribution is -2.04. The van der Waals surface area contributed by atoms with E-state index in [0.717, 1.165) is 11.1 Å². The fraction of sp³-hybridized carbons (Fsp3) is 0.111. The number of nitrogens with zero attached hydrogens (tertiary/aromatic N) is 3. The second-order valence-corrected chi connectivity index (χ2v) is 6.50. The monoisotopic (exact) mass is 404 g/mol. The number of nitro groups is 1. The highest BCUT2D eigenvalue weighted by molar-refractivity contribution is 6.31. The van der Waals surface area contributed by atoms with E-state index >= 15 is 0 Å². The Hall–Kier alpha value is -2.90. The Balaban J connectivity index is 2.01. The SMILES string of the molecule is Cc1cc(Oc2ncnc(Nc3cccc(Cl)c3C)c2[N+](=O)[O-])ccc1Cl. The third-order valence-electron chi connectivity index (χ3n) is 3.84. The molecule has 0 saturated carbocycles. The Kier molecular flexibility index (Phi) is 5.43. The molecule has 0 unspecified atom stereocenters. The fourth-order valence-electron chi connectivity index (χ4n) is 2.36. The number of halogens is 2. The van der Waals surface area contributed by atoms with Gasteiger partial charge in [0.15, 0.2) is 0 Å². The standard InChI is InChI=1S/C18H14Cl2N4O3/c1-10-8-12(6-7-13(10)19)27-18-16(24(25)26)17(21-9-22-18)23-15-5-3-4-14(20)11(15)2/h3-9H,1-2H3,(H,21,22,23). The molecule has 0 fully saturated rings. The summed E-state index contributed by atoms with van der Waals surface area (Å²) >= 11 is 12.1. The van der Waals surface area contributed by atoms with E-state index in [1.54, 1.807) is 50.2 Å². The van der Waals surface area contributed by atoms with Crippen molar-refractivity contribution in [2.75, 3.05) is 5.32 Å². The maximum absolute atomic E-state index is 11.7. The number of hydrogen-bond donors (Lipinski definition) is 1. The predicted molar refractivity (Wildman–Crippen MR) is 104 cm³/mol. The van der Waals surface area contributed by atoms with Crippen molar-refractivity contribution >= 4 is 40.4 Å². The van der Waals surface area contributed by atoms with Gasteiger partial charge in [-0.15, -0.1) is 0 Å². The lowest BCUT2D eigenvalue weighted by molar-refractivity contribution is -0.385. The highest BCUT2D eigenvalue weighted by Crippen LogP contribution is 2.37. The van der Waals surface area contributed by atoms with Gasteiger partial charge in [0.05, 0.1) is 4.92 Å². The first-order valence-electron chi connectivity index (χ1n) is 7.82. The molecule has 0 saturated heterocycles. The van der Waals surface area contributed by atoms with E-state index in [2.05, 4.69) is 15.3 Å². The Morgan fingerprint density at radius 3 is 2.59 bits per heavy atom. The molecule has 1 N–H and O–H groups in total. The van der Waals surface area contributed by atoms with E-state index in [0.29, 0.717) is 21.5 Å². The van der Waals surface area contributed by atoms with Gasteiger partial charge in [-0.25, -0.2) is 4.98 Å². The van der Waals surface area contributed by atoms with Gasteiger partial charge in [-0.3, -0.25) is 10.1 Å². The normalized spacial score (nSPS) is 10.5. The van der Waals surface area contributed by atoms with Crippen molar-refractivity contribution in [1.29, 1.82) is 0 Å². The molecule has 0 spiro atoms. The largest absolute Gasteiger partial charge is 0.434 e. The molecule has 0 amide bonds. The second-order valence-electron chi connectivity index (χ2n) is 5.68. The minimum Gasteiger partial charge on any atom is -0.434 e. The van der Waals surface area contributed by atoms with Crippen LogP contribution < -0.4 is 10.1 Å². The molecular formula is C18H14Cl2N4O3. The summed E-state index contributed by atoms with van der Waals surface area (Å²) in [7, 11) is 0. The molecule has 7 nitrogen and oxygen atoms in total. The first-order valence-corrected chi connectivity index (χ1v) is 8.58. The molecular weight excluding hydrogens is 391 g/mol. The highest BCUT2D eigenvalue weighted by Gasteiger charge is 2.25. The number of hydrogen-bond acceptors (Lipinski definition) is 6. The number of ether oxygens (including phenoxy) is 1. The van der Waals surface area contributed by atoms with Gasteiger partial charge in [0.2, 0.25) is 5.82 Å². The summed E-state index contributed by atoms with van der Waals surface area (Å²) in [5.74, 6) is 0.198. The maximum atomic E-state index is 11.7. The van der Waals surface area contributed by atoms with E-state index in [-0.39, 0.29) is 17.4 Å². The second kappa shape index (κ2) is 7.77. The highest BCUT2D eigenvalue weighted by atomic mass is 35.5. The molecule has 3 aromatic rings. The Bertz CT molecular complexity index is 1030. The first-order chi connectivity index (χ1) is 12.9. The van der Waals surface area contributed by atoms with Crippen LogP contribution in [0.25, 0.3) is 0 Å². The smallest absolute Gasteiger partial charge is 0.373 e. The summed E-state index contributed by atoms with van der Waals surface area (Å²) in [6.07, 6.45) is 1.19. The number of aryl methyl sites for hydroxylation is 1. The first kappa shape index (κ1) is 18.9. The molecule has 0 radical (unpaired) electrons. The molecule has 2 aromatic carbocycles. The van der Waals surface area contributed by atoms with E-state index in [1.165, 1.54) is 6.33 Å². The lowest BCUT2D eigenvalue weighted by Gasteiger charge is -2.12. The third-order valence-corrected chi connectivity index (χ3v) is 4.67. The number of aromatic nitrogens is 2. The Labute approximate surface area is 165 Å². The van der Waals surface area contributed by atoms with Gasteiger partial charge >= 0.3 is 11.6 Å². The Morgan fingerprint density at radius 2 is 1.89 bits per heavy atom. The van der Waals surface area contributed by atoms with Gasteiger partial charge in [0, 0.05) is 15.7 Å². The van der Waals surface area contributed by atoms with Gasteiger partial charge in [0.1, 0.15) is 12.1 Å². The van der Waals surface area contributed by atoms with Crippen LogP contribution in [0.5, 0.6) is 11.6 Å². The van der Waals surface area contributed by atoms with E-state index in [4.69, 9.17) is 27.9 Å². The minimum absolute atomic E-state index is 0.000974. The van der Waals surface area contributed by atoms with Crippen LogP contribution in [0.2, 0.25) is 10.0 Å². The predicted octanol–water partition coefficient (Wildman–Crippen LogP) is 5.84. The zero-order valence-corrected chi connectivity index (χ0v) is 15.9. The number of nitrogens with one attached hydrogen (secondary N) is 1. The molecule has 0 atom stereocenters. The van der Waals surface area contributed by atoms with Gasteiger partial charge < -0.3 is 10.1 Å². The zero-order valence-electron chi connectivity index (χ0n) is 14.4. The van der Waals surface area contributed by atoms with Crippen molar-refractivity contribution < 1.29 is 9.66 Å². The lowest BCUT2D eigenvalue weighted by atomic mass is 10.2. The molecule has 0 bridgehead atoms. The summed E-state index contributed by atoms with van der Waals surface area (Å²) in [6, 6.07) is 10.1. The average Bonchev–Trinajstić information content (AvgIpc) is 2.62. The molecule has 1 heterocycles. The van der Waals surface area contributed by atoms with Crippen molar-refractivity contribution in [3.05, 3.63) is 74.0 Å². The average molecular weight is 405 g/mol. The number of anilines is 2. The van der Waals surface area contributed by atoms with Gasteiger partial charge in [-0.2, -0.15) is 4.98 Å². The number of benzene rings is 2. The van der Waals surface area contributed by atoms with Crippen LogP contribution in [0.1, 0.15) is 11.1 Å². The van der Waals surface area contributed by atoms with Crippen LogP contribution in [0.15, 0.2) is 42.7 Å². The van der Waals surface area contributed by atoms with Crippen molar-refractivity contribution in [1.82, 2.24) is 9.97 Å². The molecule has 27 heavy (non-hydrogen) atoms. The molecule has 3 rings (SSSR count). The topological polar surface area (TPSA) is 90.2 Å². The maximum Gasteiger partial charge on any atom is 0.373 e. The molecule has 0 aliphatic carbocycles. The van der Waals surface area contributed by atoms with E-state index in [1.807, 2.05) is 0 Å². The van der Waals surface area contributed by atoms with Crippen LogP contribution in [-0.4, -0.2) is 14.9 Å². The molecule has 1 aromatic heterocycles. The summed E-state index contributed by atoms with van der Waals surface area (Å²) in [6.45, 7) is 3.60. The molecule has 0 aliphatic heterocycles. The summed E-state index contributed by atoms with van der Waals surface area (Å²) in [4.78, 5) is 19.0. The van der Waals surface area contributed by atoms with Crippen LogP contribution in [0.3, 0.4) is 0 Å². The van der Waals surface area contributed by atoms with Crippen LogP contribution >= 0.6 is 23.2 Å². The van der Waals surface area contributed by atoms with Gasteiger partial charge in [0.25, 0.3) is 0 Å². The van der Waals surface area contributed by atoms with Crippen LogP contribution in [-0.2, 0) is 0 Å². The van der Waals surface area contributed by atoms with Gasteiger partial charge in [-0.1, -0.05) is 29.3 Å². The van der Waals surface area contributed by atoms with Crippen molar-refractivity contribution in [3.63, 3.8) is 0 Å². The van der Waals surface area contributed by atoms with E-state index in [9.17, 15) is 10.1 Å². The number of rotatable bonds is 5. The molecule has 0 aliphatic rings. The van der Waals surface area contributed by atoms with Crippen molar-refractivity contribution in [3.8, 4) is 11.6 Å². The van der Waals surface area contributed by atoms with Crippen molar-refractivity contribution in [2.24, 2.45) is 0 Å². The van der Waals surface area contributed by atoms with Crippen molar-refractivity contribution in [2.45, 2.75) is 13.8 Å². The molecule has 9 heteroatoms. The summed E-state index contributed by atoms with van der Waals surface area (Å²) < 4.78 is 5.62. The van der Waals surface area contributed by atoms with Crippen LogP contribution in [0, 0.1) is 24.0 Å². The quantitative estimate of drug-likeness (QED) is 0.423.